The number of ether oxygens (including phenoxy) is 1. The van der Waals surface area contributed by atoms with Crippen LogP contribution in [0.1, 0.15) is 38.7 Å². The average molecular weight is 317 g/mol. The topological polar surface area (TPSA) is 28.6 Å². The Kier molecular flexibility index (Phi) is 5.54. The van der Waals surface area contributed by atoms with Crippen LogP contribution in [0.4, 0.5) is 5.82 Å². The van der Waals surface area contributed by atoms with E-state index in [1.54, 1.807) is 0 Å². The van der Waals surface area contributed by atoms with Crippen LogP contribution in [0.2, 0.25) is 0 Å². The molecule has 4 nitrogen and oxygen atoms in total. The summed E-state index contributed by atoms with van der Waals surface area (Å²) in [6.07, 6.45) is 5.93. The molecule has 2 aliphatic heterocycles. The Morgan fingerprint density at radius 2 is 2.00 bits per heavy atom. The number of pyridine rings is 1. The molecule has 0 N–H and O–H groups in total. The summed E-state index contributed by atoms with van der Waals surface area (Å²) < 4.78 is 5.50. The van der Waals surface area contributed by atoms with Gasteiger partial charge in [-0.1, -0.05) is 6.07 Å². The Balaban J connectivity index is 1.52. The van der Waals surface area contributed by atoms with Crippen molar-refractivity contribution in [2.45, 2.75) is 45.7 Å². The molecule has 1 aromatic rings. The Morgan fingerprint density at radius 1 is 1.22 bits per heavy atom. The lowest BCUT2D eigenvalue weighted by molar-refractivity contribution is 0.0477. The quantitative estimate of drug-likeness (QED) is 0.834. The lowest BCUT2D eigenvalue weighted by Crippen LogP contribution is -2.27. The Labute approximate surface area is 140 Å². The van der Waals surface area contributed by atoms with Crippen molar-refractivity contribution in [3.05, 3.63) is 23.9 Å². The zero-order valence-corrected chi connectivity index (χ0v) is 14.9. The molecule has 0 bridgehead atoms. The number of rotatable bonds is 5. The van der Waals surface area contributed by atoms with Gasteiger partial charge in [0.1, 0.15) is 5.82 Å². The van der Waals surface area contributed by atoms with Gasteiger partial charge >= 0.3 is 0 Å². The van der Waals surface area contributed by atoms with E-state index in [1.165, 1.54) is 37.9 Å². The summed E-state index contributed by atoms with van der Waals surface area (Å²) in [5.41, 5.74) is 1.33. The molecule has 0 aromatic carbocycles. The maximum absolute atomic E-state index is 5.50. The monoisotopic (exact) mass is 317 g/mol. The van der Waals surface area contributed by atoms with Gasteiger partial charge in [-0.15, -0.1) is 0 Å². The van der Waals surface area contributed by atoms with Crippen molar-refractivity contribution in [1.82, 2.24) is 9.88 Å². The van der Waals surface area contributed by atoms with E-state index in [9.17, 15) is 0 Å². The molecule has 23 heavy (non-hydrogen) atoms. The van der Waals surface area contributed by atoms with Crippen molar-refractivity contribution in [3.8, 4) is 0 Å². The molecule has 0 amide bonds. The summed E-state index contributed by atoms with van der Waals surface area (Å²) in [5, 5.41) is 0. The molecular formula is C19H31N3O. The van der Waals surface area contributed by atoms with Crippen molar-refractivity contribution in [1.29, 1.82) is 0 Å². The number of likely N-dealkylation sites (tertiary alicyclic amines) is 1. The van der Waals surface area contributed by atoms with Gasteiger partial charge < -0.3 is 9.64 Å². The van der Waals surface area contributed by atoms with E-state index in [1.807, 2.05) is 0 Å². The van der Waals surface area contributed by atoms with E-state index >= 15 is 0 Å². The fourth-order valence-electron chi connectivity index (χ4n) is 3.82. The van der Waals surface area contributed by atoms with Crippen LogP contribution in [0.25, 0.3) is 0 Å². The minimum atomic E-state index is 0.479. The van der Waals surface area contributed by atoms with Gasteiger partial charge in [-0.25, -0.2) is 4.98 Å². The number of nitrogens with zero attached hydrogens (tertiary/aromatic N) is 3. The fraction of sp³-hybridized carbons (Fsp3) is 0.737. The van der Waals surface area contributed by atoms with E-state index in [-0.39, 0.29) is 0 Å². The second-order valence-corrected chi connectivity index (χ2v) is 7.46. The SMILES string of the molecule is CC(C)N(C)c1ccc(CN2CC[C@H](C3CCOCC3)C2)cn1. The molecule has 4 heteroatoms. The highest BCUT2D eigenvalue weighted by molar-refractivity contribution is 5.39. The van der Waals surface area contributed by atoms with Crippen LogP contribution < -0.4 is 4.90 Å². The van der Waals surface area contributed by atoms with Crippen molar-refractivity contribution in [2.75, 3.05) is 38.3 Å². The van der Waals surface area contributed by atoms with Gasteiger partial charge in [0.15, 0.2) is 0 Å². The molecule has 0 spiro atoms. The smallest absolute Gasteiger partial charge is 0.128 e. The van der Waals surface area contributed by atoms with Crippen molar-refractivity contribution >= 4 is 5.82 Å². The molecule has 0 aliphatic carbocycles. The van der Waals surface area contributed by atoms with Gasteiger partial charge in [-0.2, -0.15) is 0 Å². The van der Waals surface area contributed by atoms with Crippen LogP contribution in [-0.2, 0) is 11.3 Å². The third-order valence-corrected chi connectivity index (χ3v) is 5.59. The number of hydrogen-bond donors (Lipinski definition) is 0. The predicted octanol–water partition coefficient (Wildman–Crippen LogP) is 3.17. The average Bonchev–Trinajstić information content (AvgIpc) is 3.04. The molecule has 2 aliphatic rings. The first-order chi connectivity index (χ1) is 11.1. The zero-order chi connectivity index (χ0) is 16.2. The minimum absolute atomic E-state index is 0.479. The second kappa shape index (κ2) is 7.63. The third-order valence-electron chi connectivity index (χ3n) is 5.59. The van der Waals surface area contributed by atoms with Crippen molar-refractivity contribution in [3.63, 3.8) is 0 Å². The molecule has 0 unspecified atom stereocenters. The Bertz CT molecular complexity index is 482. The number of anilines is 1. The van der Waals surface area contributed by atoms with Crippen LogP contribution in [0.15, 0.2) is 18.3 Å². The highest BCUT2D eigenvalue weighted by Gasteiger charge is 2.30. The molecule has 1 atom stereocenters. The molecule has 1 aromatic heterocycles. The molecule has 0 saturated carbocycles. The van der Waals surface area contributed by atoms with E-state index in [0.717, 1.165) is 37.4 Å². The summed E-state index contributed by atoms with van der Waals surface area (Å²) in [5.74, 6) is 2.82. The summed E-state index contributed by atoms with van der Waals surface area (Å²) in [7, 11) is 2.10. The van der Waals surface area contributed by atoms with E-state index in [0.29, 0.717) is 6.04 Å². The van der Waals surface area contributed by atoms with Gasteiger partial charge in [0.25, 0.3) is 0 Å². The summed E-state index contributed by atoms with van der Waals surface area (Å²) >= 11 is 0. The Hall–Kier alpha value is -1.13. The van der Waals surface area contributed by atoms with Gasteiger partial charge in [-0.3, -0.25) is 4.90 Å². The van der Waals surface area contributed by atoms with Gasteiger partial charge in [0.05, 0.1) is 0 Å². The molecule has 2 fully saturated rings. The first kappa shape index (κ1) is 16.7. The third kappa shape index (κ3) is 4.24. The summed E-state index contributed by atoms with van der Waals surface area (Å²) in [6, 6.07) is 4.87. The maximum Gasteiger partial charge on any atom is 0.128 e. The van der Waals surface area contributed by atoms with Gasteiger partial charge in [-0.05, 0) is 63.1 Å². The van der Waals surface area contributed by atoms with Crippen LogP contribution in [-0.4, -0.2) is 49.3 Å². The lowest BCUT2D eigenvalue weighted by atomic mass is 9.85. The second-order valence-electron chi connectivity index (χ2n) is 7.46. The van der Waals surface area contributed by atoms with Crippen LogP contribution >= 0.6 is 0 Å². The van der Waals surface area contributed by atoms with Crippen molar-refractivity contribution in [2.24, 2.45) is 11.8 Å². The van der Waals surface area contributed by atoms with Crippen molar-refractivity contribution < 1.29 is 4.74 Å². The molecular weight excluding hydrogens is 286 g/mol. The highest BCUT2D eigenvalue weighted by atomic mass is 16.5. The van der Waals surface area contributed by atoms with Crippen LogP contribution in [0, 0.1) is 11.8 Å². The normalized spacial score (nSPS) is 23.6. The molecule has 0 radical (unpaired) electrons. The van der Waals surface area contributed by atoms with E-state index in [4.69, 9.17) is 4.74 Å². The van der Waals surface area contributed by atoms with Crippen LogP contribution in [0.3, 0.4) is 0 Å². The van der Waals surface area contributed by atoms with Gasteiger partial charge in [0.2, 0.25) is 0 Å². The zero-order valence-electron chi connectivity index (χ0n) is 14.9. The minimum Gasteiger partial charge on any atom is -0.381 e. The molecule has 3 heterocycles. The van der Waals surface area contributed by atoms with E-state index in [2.05, 4.69) is 54.0 Å². The lowest BCUT2D eigenvalue weighted by Gasteiger charge is -2.27. The highest BCUT2D eigenvalue weighted by Crippen LogP contribution is 2.31. The molecule has 128 valence electrons. The fourth-order valence-corrected chi connectivity index (χ4v) is 3.82. The first-order valence-electron chi connectivity index (χ1n) is 9.11. The molecule has 2 saturated heterocycles. The van der Waals surface area contributed by atoms with Gasteiger partial charge in [0, 0.05) is 45.6 Å². The molecule has 3 rings (SSSR count). The predicted molar refractivity (Wildman–Crippen MR) is 94.7 cm³/mol. The van der Waals surface area contributed by atoms with Crippen LogP contribution in [0.5, 0.6) is 0 Å². The standard InChI is InChI=1S/C19H31N3O/c1-15(2)21(3)19-5-4-16(12-20-19)13-22-9-6-18(14-22)17-7-10-23-11-8-17/h4-5,12,15,17-18H,6-11,13-14H2,1-3H3/t18-/m0/s1. The number of aromatic nitrogens is 1. The Morgan fingerprint density at radius 3 is 2.65 bits per heavy atom. The number of hydrogen-bond acceptors (Lipinski definition) is 4. The summed E-state index contributed by atoms with van der Waals surface area (Å²) in [4.78, 5) is 9.44. The first-order valence-corrected chi connectivity index (χ1v) is 9.11. The maximum atomic E-state index is 5.50. The van der Waals surface area contributed by atoms with E-state index < -0.39 is 0 Å². The largest absolute Gasteiger partial charge is 0.381 e. The summed E-state index contributed by atoms with van der Waals surface area (Å²) in [6.45, 7) is 9.84.